The maximum absolute atomic E-state index is 13.1. The van der Waals surface area contributed by atoms with Gasteiger partial charge in [-0.05, 0) is 29.1 Å². The van der Waals surface area contributed by atoms with Crippen LogP contribution in [-0.2, 0) is 0 Å². The molecule has 0 radical (unpaired) electrons. The lowest BCUT2D eigenvalue weighted by atomic mass is 10.1. The molecule has 2 nitrogen and oxygen atoms in total. The molecule has 1 heterocycles. The van der Waals surface area contributed by atoms with Crippen molar-refractivity contribution in [3.63, 3.8) is 0 Å². The Kier molecular flexibility index (Phi) is 3.73. The van der Waals surface area contributed by atoms with Gasteiger partial charge in [-0.3, -0.25) is 5.84 Å². The van der Waals surface area contributed by atoms with Crippen LogP contribution in [0.3, 0.4) is 0 Å². The van der Waals surface area contributed by atoms with Crippen LogP contribution in [0, 0.1) is 11.6 Å². The van der Waals surface area contributed by atoms with E-state index >= 15 is 0 Å². The van der Waals surface area contributed by atoms with Gasteiger partial charge in [0.25, 0.3) is 0 Å². The summed E-state index contributed by atoms with van der Waals surface area (Å²) >= 11 is 7.34. The van der Waals surface area contributed by atoms with Gasteiger partial charge >= 0.3 is 0 Å². The zero-order valence-electron chi connectivity index (χ0n) is 8.58. The van der Waals surface area contributed by atoms with Crippen LogP contribution >= 0.6 is 22.9 Å². The number of hydrogen-bond donors (Lipinski definition) is 2. The number of hydrazine groups is 1. The summed E-state index contributed by atoms with van der Waals surface area (Å²) in [5.74, 6) is 4.13. The molecule has 17 heavy (non-hydrogen) atoms. The molecule has 1 aromatic heterocycles. The SMILES string of the molecule is NNC(c1cc(F)cc(F)c1)c1sccc1Cl. The molecular weight excluding hydrogens is 266 g/mol. The number of nitrogens with one attached hydrogen (secondary N) is 1. The van der Waals surface area contributed by atoms with Crippen molar-refractivity contribution in [2.75, 3.05) is 0 Å². The number of thiophene rings is 1. The lowest BCUT2D eigenvalue weighted by molar-refractivity contribution is 0.567. The summed E-state index contributed by atoms with van der Waals surface area (Å²) in [4.78, 5) is 0.721. The largest absolute Gasteiger partial charge is 0.271 e. The van der Waals surface area contributed by atoms with Crippen molar-refractivity contribution in [3.05, 3.63) is 56.7 Å². The first-order chi connectivity index (χ1) is 8.11. The van der Waals surface area contributed by atoms with Gasteiger partial charge in [0, 0.05) is 10.9 Å². The molecule has 0 bridgehead atoms. The first-order valence-electron chi connectivity index (χ1n) is 4.77. The number of benzene rings is 1. The van der Waals surface area contributed by atoms with Gasteiger partial charge in [-0.1, -0.05) is 11.6 Å². The molecule has 1 atom stereocenters. The number of hydrogen-bond acceptors (Lipinski definition) is 3. The smallest absolute Gasteiger partial charge is 0.126 e. The Morgan fingerprint density at radius 2 is 1.88 bits per heavy atom. The Hall–Kier alpha value is -1.01. The first kappa shape index (κ1) is 12.4. The van der Waals surface area contributed by atoms with Crippen molar-refractivity contribution in [2.24, 2.45) is 5.84 Å². The lowest BCUT2D eigenvalue weighted by Gasteiger charge is -2.15. The summed E-state index contributed by atoms with van der Waals surface area (Å²) in [6.07, 6.45) is 0. The van der Waals surface area contributed by atoms with Crippen LogP contribution < -0.4 is 11.3 Å². The minimum absolute atomic E-state index is 0.398. The van der Waals surface area contributed by atoms with Gasteiger partial charge in [0.05, 0.1) is 11.1 Å². The minimum Gasteiger partial charge on any atom is -0.271 e. The fourth-order valence-electron chi connectivity index (χ4n) is 1.58. The summed E-state index contributed by atoms with van der Waals surface area (Å²) in [6, 6.07) is 4.45. The van der Waals surface area contributed by atoms with E-state index in [1.807, 2.05) is 0 Å². The first-order valence-corrected chi connectivity index (χ1v) is 6.02. The number of halogens is 3. The predicted octanol–water partition coefficient (Wildman–Crippen LogP) is 3.23. The molecule has 0 aliphatic heterocycles. The third kappa shape index (κ3) is 2.63. The molecule has 0 spiro atoms. The monoisotopic (exact) mass is 274 g/mol. The predicted molar refractivity (Wildman–Crippen MR) is 64.9 cm³/mol. The highest BCUT2D eigenvalue weighted by atomic mass is 35.5. The Bertz CT molecular complexity index is 510. The molecule has 0 saturated carbocycles. The molecular formula is C11H9ClF2N2S. The topological polar surface area (TPSA) is 38.0 Å². The van der Waals surface area contributed by atoms with Gasteiger partial charge in [-0.2, -0.15) is 0 Å². The molecule has 90 valence electrons. The molecule has 0 saturated heterocycles. The maximum Gasteiger partial charge on any atom is 0.126 e. The summed E-state index contributed by atoms with van der Waals surface area (Å²) in [6.45, 7) is 0. The van der Waals surface area contributed by atoms with E-state index in [9.17, 15) is 8.78 Å². The van der Waals surface area contributed by atoms with Crippen molar-refractivity contribution in [1.29, 1.82) is 0 Å². The van der Waals surface area contributed by atoms with E-state index in [0.29, 0.717) is 10.6 Å². The van der Waals surface area contributed by atoms with E-state index < -0.39 is 17.7 Å². The summed E-state index contributed by atoms with van der Waals surface area (Å²) in [5, 5.41) is 2.31. The van der Waals surface area contributed by atoms with Gasteiger partial charge in [0.1, 0.15) is 11.6 Å². The molecule has 2 aromatic rings. The second kappa shape index (κ2) is 5.10. The van der Waals surface area contributed by atoms with Crippen LogP contribution in [0.1, 0.15) is 16.5 Å². The molecule has 0 amide bonds. The third-order valence-electron chi connectivity index (χ3n) is 2.29. The van der Waals surface area contributed by atoms with Gasteiger partial charge < -0.3 is 0 Å². The number of rotatable bonds is 3. The maximum atomic E-state index is 13.1. The highest BCUT2D eigenvalue weighted by Crippen LogP contribution is 2.32. The molecule has 2 rings (SSSR count). The quantitative estimate of drug-likeness (QED) is 0.666. The minimum atomic E-state index is -0.645. The van der Waals surface area contributed by atoms with Gasteiger partial charge in [0.2, 0.25) is 0 Å². The fraction of sp³-hybridized carbons (Fsp3) is 0.0909. The van der Waals surface area contributed by atoms with E-state index in [1.165, 1.54) is 23.5 Å². The zero-order valence-corrected chi connectivity index (χ0v) is 10.2. The lowest BCUT2D eigenvalue weighted by Crippen LogP contribution is -2.28. The van der Waals surface area contributed by atoms with Gasteiger partial charge in [0.15, 0.2) is 0 Å². The average Bonchev–Trinajstić information content (AvgIpc) is 2.65. The highest BCUT2D eigenvalue weighted by molar-refractivity contribution is 7.10. The van der Waals surface area contributed by atoms with Crippen molar-refractivity contribution < 1.29 is 8.78 Å². The standard InChI is InChI=1S/C11H9ClF2N2S/c12-9-1-2-17-11(9)10(16-15)6-3-7(13)5-8(14)4-6/h1-5,10,16H,15H2. The van der Waals surface area contributed by atoms with Crippen molar-refractivity contribution >= 4 is 22.9 Å². The molecule has 0 aliphatic carbocycles. The molecule has 1 aromatic carbocycles. The Labute approximate surface area is 106 Å². The zero-order chi connectivity index (χ0) is 12.4. The molecule has 1 unspecified atom stereocenters. The second-order valence-corrected chi connectivity index (χ2v) is 4.79. The van der Waals surface area contributed by atoms with Crippen molar-refractivity contribution in [2.45, 2.75) is 6.04 Å². The average molecular weight is 275 g/mol. The van der Waals surface area contributed by atoms with Crippen LogP contribution in [0.2, 0.25) is 5.02 Å². The molecule has 0 aliphatic rings. The van der Waals surface area contributed by atoms with E-state index in [0.717, 1.165) is 10.9 Å². The summed E-state index contributed by atoms with van der Waals surface area (Å²) in [7, 11) is 0. The van der Waals surface area contributed by atoms with Gasteiger partial charge in [-0.15, -0.1) is 11.3 Å². The van der Waals surface area contributed by atoms with Gasteiger partial charge in [-0.25, -0.2) is 14.2 Å². The molecule has 0 fully saturated rings. The van der Waals surface area contributed by atoms with Crippen LogP contribution in [0.25, 0.3) is 0 Å². The van der Waals surface area contributed by atoms with E-state index in [4.69, 9.17) is 17.4 Å². The number of nitrogens with two attached hydrogens (primary N) is 1. The van der Waals surface area contributed by atoms with E-state index in [-0.39, 0.29) is 0 Å². The van der Waals surface area contributed by atoms with Crippen LogP contribution in [0.15, 0.2) is 29.6 Å². The highest BCUT2D eigenvalue weighted by Gasteiger charge is 2.18. The molecule has 3 N–H and O–H groups in total. The summed E-state index contributed by atoms with van der Waals surface area (Å²) in [5.41, 5.74) is 2.91. The Morgan fingerprint density at radius 3 is 2.35 bits per heavy atom. The van der Waals surface area contributed by atoms with Crippen LogP contribution in [0.4, 0.5) is 8.78 Å². The van der Waals surface area contributed by atoms with Crippen molar-refractivity contribution in [3.8, 4) is 0 Å². The molecule has 6 heteroatoms. The van der Waals surface area contributed by atoms with Crippen LogP contribution in [0.5, 0.6) is 0 Å². The fourth-order valence-corrected chi connectivity index (χ4v) is 2.83. The normalized spacial score (nSPS) is 12.7. The second-order valence-electron chi connectivity index (χ2n) is 3.44. The third-order valence-corrected chi connectivity index (χ3v) is 3.72. The van der Waals surface area contributed by atoms with E-state index in [1.54, 1.807) is 11.4 Å². The van der Waals surface area contributed by atoms with Crippen LogP contribution in [-0.4, -0.2) is 0 Å². The Balaban J connectivity index is 2.45. The Morgan fingerprint density at radius 1 is 1.24 bits per heavy atom. The van der Waals surface area contributed by atoms with Crippen molar-refractivity contribution in [1.82, 2.24) is 5.43 Å². The summed E-state index contributed by atoms with van der Waals surface area (Å²) < 4.78 is 26.3. The van der Waals surface area contributed by atoms with E-state index in [2.05, 4.69) is 5.43 Å².